The number of halogens is 4. The lowest BCUT2D eigenvalue weighted by molar-refractivity contribution is 0.437. The van der Waals surface area contributed by atoms with Gasteiger partial charge < -0.3 is 0 Å². The number of benzene rings is 1. The Labute approximate surface area is 85.2 Å². The molecule has 81 valence electrons. The quantitative estimate of drug-likeness (QED) is 0.403. The molecule has 0 amide bonds. The van der Waals surface area contributed by atoms with Crippen molar-refractivity contribution in [2.24, 2.45) is 0 Å². The maximum atomic E-state index is 13.2. The van der Waals surface area contributed by atoms with Gasteiger partial charge in [-0.2, -0.15) is 0 Å². The lowest BCUT2D eigenvalue weighted by atomic mass is 10.1. The minimum Gasteiger partial charge on any atom is -0.203 e. The van der Waals surface area contributed by atoms with E-state index in [1.165, 1.54) is 12.2 Å². The summed E-state index contributed by atoms with van der Waals surface area (Å²) in [4.78, 5) is 0. The predicted molar refractivity (Wildman–Crippen MR) is 49.3 cm³/mol. The summed E-state index contributed by atoms with van der Waals surface area (Å²) < 4.78 is 52.3. The molecule has 0 nitrogen and oxygen atoms in total. The number of hydrogen-bond donors (Lipinski definition) is 0. The maximum Gasteiger partial charge on any atom is 0.165 e. The molecule has 0 unspecified atom stereocenters. The van der Waals surface area contributed by atoms with Crippen molar-refractivity contribution in [1.29, 1.82) is 0 Å². The zero-order chi connectivity index (χ0) is 11.6. The van der Waals surface area contributed by atoms with E-state index in [2.05, 4.69) is 6.92 Å². The third-order valence-electron chi connectivity index (χ3n) is 2.00. The predicted octanol–water partition coefficient (Wildman–Crippen LogP) is 3.54. The summed E-state index contributed by atoms with van der Waals surface area (Å²) in [5.41, 5.74) is -1.50. The first kappa shape index (κ1) is 11.8. The van der Waals surface area contributed by atoms with E-state index in [-0.39, 0.29) is 6.42 Å². The van der Waals surface area contributed by atoms with Crippen molar-refractivity contribution in [1.82, 2.24) is 0 Å². The van der Waals surface area contributed by atoms with E-state index in [0.717, 1.165) is 0 Å². The zero-order valence-corrected chi connectivity index (χ0v) is 8.08. The minimum absolute atomic E-state index is 0.192. The van der Waals surface area contributed by atoms with Gasteiger partial charge in [0.2, 0.25) is 0 Å². The third kappa shape index (κ3) is 2.03. The van der Waals surface area contributed by atoms with Crippen LogP contribution >= 0.6 is 0 Å². The van der Waals surface area contributed by atoms with Gasteiger partial charge in [-0.15, -0.1) is 0 Å². The van der Waals surface area contributed by atoms with Crippen LogP contribution in [0, 0.1) is 30.2 Å². The third-order valence-corrected chi connectivity index (χ3v) is 2.00. The van der Waals surface area contributed by atoms with Gasteiger partial charge >= 0.3 is 0 Å². The van der Waals surface area contributed by atoms with Crippen LogP contribution in [0.15, 0.2) is 12.2 Å². The Balaban J connectivity index is 3.38. The molecule has 0 spiro atoms. The molecule has 1 aromatic carbocycles. The largest absolute Gasteiger partial charge is 0.203 e. The molecule has 0 aliphatic carbocycles. The first-order valence-corrected chi connectivity index (χ1v) is 4.28. The van der Waals surface area contributed by atoms with Gasteiger partial charge in [-0.3, -0.25) is 0 Å². The fourth-order valence-corrected chi connectivity index (χ4v) is 1.14. The first-order chi connectivity index (χ1) is 7.00. The molecule has 0 aliphatic rings. The smallest absolute Gasteiger partial charge is 0.165 e. The van der Waals surface area contributed by atoms with Gasteiger partial charge in [-0.1, -0.05) is 12.2 Å². The summed E-state index contributed by atoms with van der Waals surface area (Å²) in [7, 11) is 0. The Morgan fingerprint density at radius 1 is 1.00 bits per heavy atom. The van der Waals surface area contributed by atoms with E-state index in [4.69, 9.17) is 0 Å². The SMILES string of the molecule is [CH2]c1c(F)c(F)c(C/C=C/C)c(F)c1F. The molecule has 15 heavy (non-hydrogen) atoms. The van der Waals surface area contributed by atoms with Crippen LogP contribution in [0.4, 0.5) is 17.6 Å². The van der Waals surface area contributed by atoms with E-state index >= 15 is 0 Å². The second-order valence-electron chi connectivity index (χ2n) is 2.99. The van der Waals surface area contributed by atoms with Gasteiger partial charge in [0.05, 0.1) is 0 Å². The van der Waals surface area contributed by atoms with Gasteiger partial charge in [0.1, 0.15) is 0 Å². The molecule has 1 aromatic rings. The molecule has 0 N–H and O–H groups in total. The van der Waals surface area contributed by atoms with Crippen molar-refractivity contribution < 1.29 is 17.6 Å². The summed E-state index contributed by atoms with van der Waals surface area (Å²) in [5, 5.41) is 0. The Bertz CT molecular complexity index is 379. The molecular weight excluding hydrogens is 208 g/mol. The van der Waals surface area contributed by atoms with Crippen molar-refractivity contribution in [3.05, 3.63) is 53.5 Å². The van der Waals surface area contributed by atoms with Gasteiger partial charge in [-0.25, -0.2) is 17.6 Å². The Morgan fingerprint density at radius 3 is 1.87 bits per heavy atom. The lowest BCUT2D eigenvalue weighted by Gasteiger charge is -2.07. The van der Waals surface area contributed by atoms with Crippen LogP contribution in [-0.4, -0.2) is 0 Å². The maximum absolute atomic E-state index is 13.2. The zero-order valence-electron chi connectivity index (χ0n) is 8.08. The molecule has 1 radical (unpaired) electrons. The van der Waals surface area contributed by atoms with Crippen LogP contribution in [0.2, 0.25) is 0 Å². The van der Waals surface area contributed by atoms with Crippen LogP contribution in [0.5, 0.6) is 0 Å². The summed E-state index contributed by atoms with van der Waals surface area (Å²) in [6, 6.07) is 0. The number of allylic oxidation sites excluding steroid dienone is 2. The molecule has 0 fully saturated rings. The van der Waals surface area contributed by atoms with Crippen molar-refractivity contribution in [2.75, 3.05) is 0 Å². The van der Waals surface area contributed by atoms with Crippen LogP contribution in [0.25, 0.3) is 0 Å². The topological polar surface area (TPSA) is 0 Å². The highest BCUT2D eigenvalue weighted by Crippen LogP contribution is 2.23. The Kier molecular flexibility index (Phi) is 3.50. The van der Waals surface area contributed by atoms with Gasteiger partial charge in [-0.05, 0) is 20.3 Å². The highest BCUT2D eigenvalue weighted by molar-refractivity contribution is 5.32. The summed E-state index contributed by atoms with van der Waals surface area (Å²) in [6.45, 7) is 4.55. The Hall–Kier alpha value is -1.32. The van der Waals surface area contributed by atoms with Crippen LogP contribution in [0.3, 0.4) is 0 Å². The first-order valence-electron chi connectivity index (χ1n) is 4.28. The highest BCUT2D eigenvalue weighted by Gasteiger charge is 2.21. The molecule has 0 heterocycles. The molecule has 0 aromatic heterocycles. The van der Waals surface area contributed by atoms with Crippen molar-refractivity contribution in [3.8, 4) is 0 Å². The molecule has 0 bridgehead atoms. The van der Waals surface area contributed by atoms with E-state index < -0.39 is 34.4 Å². The van der Waals surface area contributed by atoms with E-state index in [1.54, 1.807) is 6.92 Å². The van der Waals surface area contributed by atoms with Crippen molar-refractivity contribution in [3.63, 3.8) is 0 Å². The lowest BCUT2D eigenvalue weighted by Crippen LogP contribution is -2.05. The fourth-order valence-electron chi connectivity index (χ4n) is 1.14. The molecule has 4 heteroatoms. The molecule has 0 saturated heterocycles. The van der Waals surface area contributed by atoms with Crippen molar-refractivity contribution >= 4 is 0 Å². The number of rotatable bonds is 2. The van der Waals surface area contributed by atoms with Gasteiger partial charge in [0.25, 0.3) is 0 Å². The molecule has 0 atom stereocenters. The van der Waals surface area contributed by atoms with E-state index in [1.807, 2.05) is 0 Å². The van der Waals surface area contributed by atoms with Crippen molar-refractivity contribution in [2.45, 2.75) is 13.3 Å². The minimum atomic E-state index is -1.44. The van der Waals surface area contributed by atoms with Crippen LogP contribution in [0.1, 0.15) is 18.1 Å². The number of hydrogen-bond acceptors (Lipinski definition) is 0. The fraction of sp³-hybridized carbons (Fsp3) is 0.182. The molecule has 0 saturated carbocycles. The van der Waals surface area contributed by atoms with Gasteiger partial charge in [0, 0.05) is 11.1 Å². The van der Waals surface area contributed by atoms with Crippen LogP contribution < -0.4 is 0 Å². The molecule has 1 rings (SSSR count). The van der Waals surface area contributed by atoms with E-state index in [9.17, 15) is 17.6 Å². The van der Waals surface area contributed by atoms with Gasteiger partial charge in [0.15, 0.2) is 23.3 Å². The second-order valence-corrected chi connectivity index (χ2v) is 2.99. The average molecular weight is 217 g/mol. The normalized spacial score (nSPS) is 11.3. The summed E-state index contributed by atoms with van der Waals surface area (Å²) in [5.74, 6) is -5.63. The average Bonchev–Trinajstić information content (AvgIpc) is 2.24. The molecular formula is C11H9F4. The Morgan fingerprint density at radius 2 is 1.47 bits per heavy atom. The monoisotopic (exact) mass is 217 g/mol. The second kappa shape index (κ2) is 4.47. The van der Waals surface area contributed by atoms with Crippen LogP contribution in [-0.2, 0) is 6.42 Å². The standard InChI is InChI=1S/C11H9F4/c1-3-4-5-7-10(14)8(12)6(2)9(13)11(7)15/h3-4H,2,5H2,1H3/b4-3+. The van der Waals surface area contributed by atoms with E-state index in [0.29, 0.717) is 0 Å². The molecule has 0 aliphatic heterocycles. The summed E-state index contributed by atoms with van der Waals surface area (Å²) >= 11 is 0. The highest BCUT2D eigenvalue weighted by atomic mass is 19.2. The summed E-state index contributed by atoms with van der Waals surface area (Å²) in [6.07, 6.45) is 2.75.